The van der Waals surface area contributed by atoms with Gasteiger partial charge in [-0.1, -0.05) is 0 Å². The minimum atomic E-state index is -0.0265. The first-order valence-electron chi connectivity index (χ1n) is 3.85. The minimum Gasteiger partial charge on any atom is -0.370 e. The van der Waals surface area contributed by atoms with Gasteiger partial charge in [-0.25, -0.2) is 0 Å². The van der Waals surface area contributed by atoms with Gasteiger partial charge in [0.1, 0.15) is 6.61 Å². The van der Waals surface area contributed by atoms with E-state index < -0.39 is 0 Å². The van der Waals surface area contributed by atoms with E-state index in [-0.39, 0.29) is 18.6 Å². The van der Waals surface area contributed by atoms with E-state index in [2.05, 4.69) is 0 Å². The molecule has 1 fully saturated rings. The first kappa shape index (κ1) is 8.49. The number of nitrogens with two attached hydrogens (primary N) is 1. The van der Waals surface area contributed by atoms with Gasteiger partial charge in [0.25, 0.3) is 0 Å². The summed E-state index contributed by atoms with van der Waals surface area (Å²) >= 11 is 0. The minimum absolute atomic E-state index is 0.0265. The third-order valence-electron chi connectivity index (χ3n) is 1.75. The third-order valence-corrected chi connectivity index (χ3v) is 1.75. The molecule has 0 radical (unpaired) electrons. The molecule has 1 unspecified atom stereocenters. The highest BCUT2D eigenvalue weighted by molar-refractivity contribution is 5.77. The molecule has 1 rings (SSSR count). The maximum absolute atomic E-state index is 11.1. The molecule has 0 saturated carbocycles. The molecular weight excluding hydrogens is 144 g/mol. The van der Waals surface area contributed by atoms with Crippen LogP contribution in [0.15, 0.2) is 0 Å². The van der Waals surface area contributed by atoms with Gasteiger partial charge in [0.15, 0.2) is 0 Å². The van der Waals surface area contributed by atoms with Gasteiger partial charge in [-0.2, -0.15) is 0 Å². The summed E-state index contributed by atoms with van der Waals surface area (Å²) in [6, 6.07) is -0.0265. The van der Waals surface area contributed by atoms with Gasteiger partial charge in [-0.05, 0) is 6.92 Å². The molecule has 0 aromatic rings. The molecule has 1 amide bonds. The van der Waals surface area contributed by atoms with E-state index in [9.17, 15) is 4.79 Å². The van der Waals surface area contributed by atoms with E-state index in [1.165, 1.54) is 0 Å². The molecule has 4 heteroatoms. The van der Waals surface area contributed by atoms with Crippen molar-refractivity contribution in [3.05, 3.63) is 0 Å². The average Bonchev–Trinajstić information content (AvgIpc) is 2.13. The molecule has 1 atom stereocenters. The molecule has 2 N–H and O–H groups in total. The van der Waals surface area contributed by atoms with Crippen molar-refractivity contribution in [2.75, 3.05) is 26.3 Å². The Kier molecular flexibility index (Phi) is 2.84. The van der Waals surface area contributed by atoms with Crippen LogP contribution in [-0.2, 0) is 9.53 Å². The van der Waals surface area contributed by atoms with Crippen molar-refractivity contribution < 1.29 is 9.53 Å². The van der Waals surface area contributed by atoms with Crippen LogP contribution in [0.1, 0.15) is 6.92 Å². The van der Waals surface area contributed by atoms with Crippen molar-refractivity contribution in [3.63, 3.8) is 0 Å². The summed E-state index contributed by atoms with van der Waals surface area (Å²) in [6.07, 6.45) is 0. The van der Waals surface area contributed by atoms with Crippen LogP contribution in [0, 0.1) is 0 Å². The average molecular weight is 158 g/mol. The molecule has 1 aliphatic heterocycles. The number of ether oxygens (including phenoxy) is 1. The van der Waals surface area contributed by atoms with Crippen molar-refractivity contribution >= 4 is 5.91 Å². The summed E-state index contributed by atoms with van der Waals surface area (Å²) in [5.74, 6) is 0.0421. The number of nitrogens with zero attached hydrogens (tertiary/aromatic N) is 1. The van der Waals surface area contributed by atoms with Crippen LogP contribution < -0.4 is 5.73 Å². The Morgan fingerprint density at radius 1 is 1.82 bits per heavy atom. The lowest BCUT2D eigenvalue weighted by atomic mass is 10.3. The number of carbonyl (C=O) groups excluding carboxylic acids is 1. The number of amides is 1. The fourth-order valence-corrected chi connectivity index (χ4v) is 1.13. The Morgan fingerprint density at radius 3 is 3.18 bits per heavy atom. The van der Waals surface area contributed by atoms with E-state index >= 15 is 0 Å². The first-order valence-corrected chi connectivity index (χ1v) is 3.85. The van der Waals surface area contributed by atoms with E-state index in [0.717, 1.165) is 6.54 Å². The highest BCUT2D eigenvalue weighted by Crippen LogP contribution is 1.98. The number of carbonyl (C=O) groups is 1. The van der Waals surface area contributed by atoms with Crippen LogP contribution in [0.3, 0.4) is 0 Å². The maximum Gasteiger partial charge on any atom is 0.248 e. The van der Waals surface area contributed by atoms with Crippen LogP contribution in [0.2, 0.25) is 0 Å². The maximum atomic E-state index is 11.1. The zero-order valence-electron chi connectivity index (χ0n) is 6.75. The molecule has 0 aliphatic carbocycles. The Labute approximate surface area is 66.3 Å². The van der Waals surface area contributed by atoms with Crippen LogP contribution in [-0.4, -0.2) is 43.2 Å². The second kappa shape index (κ2) is 3.69. The smallest absolute Gasteiger partial charge is 0.248 e. The number of likely N-dealkylation sites (N-methyl/N-ethyl adjacent to an activating group) is 1. The van der Waals surface area contributed by atoms with Gasteiger partial charge in [0.2, 0.25) is 5.91 Å². The fraction of sp³-hybridized carbons (Fsp3) is 0.857. The van der Waals surface area contributed by atoms with Crippen molar-refractivity contribution in [1.82, 2.24) is 4.90 Å². The van der Waals surface area contributed by atoms with Gasteiger partial charge >= 0.3 is 0 Å². The van der Waals surface area contributed by atoms with Crippen LogP contribution in [0.4, 0.5) is 0 Å². The predicted octanol–water partition coefficient (Wildman–Crippen LogP) is -0.808. The molecule has 4 nitrogen and oxygen atoms in total. The summed E-state index contributed by atoms with van der Waals surface area (Å²) < 4.78 is 5.03. The summed E-state index contributed by atoms with van der Waals surface area (Å²) in [7, 11) is 0. The zero-order chi connectivity index (χ0) is 8.27. The Balaban J connectivity index is 2.52. The van der Waals surface area contributed by atoms with Gasteiger partial charge < -0.3 is 15.4 Å². The molecule has 11 heavy (non-hydrogen) atoms. The molecule has 0 bridgehead atoms. The largest absolute Gasteiger partial charge is 0.370 e. The van der Waals surface area contributed by atoms with Crippen molar-refractivity contribution in [1.29, 1.82) is 0 Å². The number of hydrogen-bond acceptors (Lipinski definition) is 3. The molecule has 1 saturated heterocycles. The monoisotopic (exact) mass is 158 g/mol. The van der Waals surface area contributed by atoms with E-state index in [1.807, 2.05) is 6.92 Å². The highest BCUT2D eigenvalue weighted by atomic mass is 16.5. The summed E-state index contributed by atoms with van der Waals surface area (Å²) in [4.78, 5) is 12.9. The molecule has 64 valence electrons. The lowest BCUT2D eigenvalue weighted by Crippen LogP contribution is -2.40. The van der Waals surface area contributed by atoms with Crippen LogP contribution >= 0.6 is 0 Å². The molecule has 1 heterocycles. The highest BCUT2D eigenvalue weighted by Gasteiger charge is 2.19. The first-order chi connectivity index (χ1) is 5.24. The van der Waals surface area contributed by atoms with Crippen molar-refractivity contribution in [2.24, 2.45) is 5.73 Å². The summed E-state index contributed by atoms with van der Waals surface area (Å²) in [5, 5.41) is 0. The Bertz CT molecular complexity index is 149. The Hall–Kier alpha value is -0.610. The molecule has 1 aliphatic rings. The van der Waals surface area contributed by atoms with E-state index in [0.29, 0.717) is 13.2 Å². The van der Waals surface area contributed by atoms with E-state index in [1.54, 1.807) is 4.90 Å². The second-order valence-electron chi connectivity index (χ2n) is 2.71. The summed E-state index contributed by atoms with van der Waals surface area (Å²) in [5.41, 5.74) is 5.64. The van der Waals surface area contributed by atoms with Crippen LogP contribution in [0.5, 0.6) is 0 Å². The lowest BCUT2D eigenvalue weighted by molar-refractivity contribution is -0.133. The van der Waals surface area contributed by atoms with Gasteiger partial charge in [-0.3, -0.25) is 4.79 Å². The molecule has 0 aromatic heterocycles. The zero-order valence-corrected chi connectivity index (χ0v) is 6.75. The third kappa shape index (κ3) is 2.17. The summed E-state index contributed by atoms with van der Waals surface area (Å²) in [6.45, 7) is 3.95. The van der Waals surface area contributed by atoms with Gasteiger partial charge in [-0.15, -0.1) is 0 Å². The lowest BCUT2D eigenvalue weighted by Gasteiger charge is -2.19. The standard InChI is InChI=1S/C7H14N2O2/c1-2-9-3-6(8)4-11-5-7(9)10/h6H,2-5,8H2,1H3. The van der Waals surface area contributed by atoms with Crippen molar-refractivity contribution in [3.8, 4) is 0 Å². The Morgan fingerprint density at radius 2 is 2.55 bits per heavy atom. The molecule has 0 spiro atoms. The van der Waals surface area contributed by atoms with E-state index in [4.69, 9.17) is 10.5 Å². The quantitative estimate of drug-likeness (QED) is 0.543. The molecular formula is C7H14N2O2. The van der Waals surface area contributed by atoms with Gasteiger partial charge in [0, 0.05) is 19.1 Å². The molecule has 0 aromatic carbocycles. The normalized spacial score (nSPS) is 26.9. The fourth-order valence-electron chi connectivity index (χ4n) is 1.13. The SMILES string of the molecule is CCN1CC(N)COCC1=O. The van der Waals surface area contributed by atoms with Gasteiger partial charge in [0.05, 0.1) is 6.61 Å². The number of hydrogen-bond donors (Lipinski definition) is 1. The predicted molar refractivity (Wildman–Crippen MR) is 41.0 cm³/mol. The topological polar surface area (TPSA) is 55.6 Å². The van der Waals surface area contributed by atoms with Crippen LogP contribution in [0.25, 0.3) is 0 Å². The second-order valence-corrected chi connectivity index (χ2v) is 2.71. The number of rotatable bonds is 1. The van der Waals surface area contributed by atoms with Crippen molar-refractivity contribution in [2.45, 2.75) is 13.0 Å².